The first-order valence-electron chi connectivity index (χ1n) is 4.13. The van der Waals surface area contributed by atoms with Gasteiger partial charge in [0.15, 0.2) is 0 Å². The molecule has 0 bridgehead atoms. The van der Waals surface area contributed by atoms with Crippen LogP contribution in [0, 0.1) is 6.92 Å². The summed E-state index contributed by atoms with van der Waals surface area (Å²) >= 11 is 6.04. The number of nitrogen functional groups attached to an aromatic ring is 1. The largest absolute Gasteiger partial charge is 0.398 e. The fraction of sp³-hybridized carbons (Fsp3) is 0.0909. The highest BCUT2D eigenvalue weighted by Gasteiger charge is 2.00. The van der Waals surface area contributed by atoms with Crippen LogP contribution in [0.3, 0.4) is 0 Å². The predicted octanol–water partition coefficient (Wildman–Crippen LogP) is 3.38. The second-order valence-electron chi connectivity index (χ2n) is 3.17. The van der Waals surface area contributed by atoms with Crippen LogP contribution in [-0.4, -0.2) is 0 Å². The monoisotopic (exact) mass is 191 g/mol. The van der Waals surface area contributed by atoms with Gasteiger partial charge in [0.1, 0.15) is 0 Å². The number of hydrogen-bond acceptors (Lipinski definition) is 1. The van der Waals surface area contributed by atoms with Crippen molar-refractivity contribution in [2.24, 2.45) is 0 Å². The first-order valence-corrected chi connectivity index (χ1v) is 4.50. The molecule has 2 N–H and O–H groups in total. The number of aryl methyl sites for hydroxylation is 1. The molecule has 0 aliphatic carbocycles. The average Bonchev–Trinajstić information content (AvgIpc) is 2.09. The van der Waals surface area contributed by atoms with Gasteiger partial charge in [-0.2, -0.15) is 0 Å². The predicted molar refractivity (Wildman–Crippen MR) is 58.1 cm³/mol. The summed E-state index contributed by atoms with van der Waals surface area (Å²) in [4.78, 5) is 0. The summed E-state index contributed by atoms with van der Waals surface area (Å²) < 4.78 is 0. The van der Waals surface area contributed by atoms with E-state index in [0.29, 0.717) is 0 Å². The molecule has 0 radical (unpaired) electrons. The lowest BCUT2D eigenvalue weighted by atomic mass is 10.1. The molecule has 0 spiro atoms. The Bertz CT molecular complexity index is 463. The summed E-state index contributed by atoms with van der Waals surface area (Å²) in [6.07, 6.45) is 0. The minimum Gasteiger partial charge on any atom is -0.398 e. The first-order chi connectivity index (χ1) is 6.18. The van der Waals surface area contributed by atoms with E-state index in [0.717, 1.165) is 27.0 Å². The van der Waals surface area contributed by atoms with Crippen molar-refractivity contribution in [3.8, 4) is 0 Å². The minimum atomic E-state index is 0.778. The van der Waals surface area contributed by atoms with Crippen LogP contribution in [0.15, 0.2) is 30.3 Å². The van der Waals surface area contributed by atoms with Crippen molar-refractivity contribution < 1.29 is 0 Å². The molecule has 0 aromatic heterocycles. The maximum absolute atomic E-state index is 6.04. The summed E-state index contributed by atoms with van der Waals surface area (Å²) in [5.41, 5.74) is 7.68. The summed E-state index contributed by atoms with van der Waals surface area (Å²) in [5.74, 6) is 0. The van der Waals surface area contributed by atoms with Crippen LogP contribution < -0.4 is 5.73 Å². The fourth-order valence-electron chi connectivity index (χ4n) is 1.41. The number of rotatable bonds is 0. The molecule has 0 amide bonds. The van der Waals surface area contributed by atoms with E-state index >= 15 is 0 Å². The quantitative estimate of drug-likeness (QED) is 0.635. The van der Waals surface area contributed by atoms with Gasteiger partial charge in [-0.15, -0.1) is 0 Å². The van der Waals surface area contributed by atoms with Crippen molar-refractivity contribution in [3.63, 3.8) is 0 Å². The highest BCUT2D eigenvalue weighted by atomic mass is 35.5. The Kier molecular flexibility index (Phi) is 1.89. The van der Waals surface area contributed by atoms with Gasteiger partial charge in [-0.3, -0.25) is 0 Å². The molecule has 1 nitrogen and oxygen atoms in total. The molecule has 0 unspecified atom stereocenters. The molecule has 2 rings (SSSR count). The highest BCUT2D eigenvalue weighted by Crippen LogP contribution is 2.27. The SMILES string of the molecule is Cc1cc2c(Cl)cccc2cc1N. The second-order valence-corrected chi connectivity index (χ2v) is 3.58. The van der Waals surface area contributed by atoms with Crippen molar-refractivity contribution in [3.05, 3.63) is 40.9 Å². The van der Waals surface area contributed by atoms with E-state index in [2.05, 4.69) is 0 Å². The van der Waals surface area contributed by atoms with Crippen molar-refractivity contribution in [1.29, 1.82) is 0 Å². The fourth-order valence-corrected chi connectivity index (χ4v) is 1.65. The second kappa shape index (κ2) is 2.93. The number of fused-ring (bicyclic) bond motifs is 1. The Morgan fingerprint density at radius 1 is 1.23 bits per heavy atom. The van der Waals surface area contributed by atoms with Gasteiger partial charge in [-0.25, -0.2) is 0 Å². The third-order valence-electron chi connectivity index (χ3n) is 2.21. The summed E-state index contributed by atoms with van der Waals surface area (Å²) in [6, 6.07) is 9.81. The molecule has 0 aliphatic heterocycles. The zero-order valence-electron chi connectivity index (χ0n) is 7.34. The maximum Gasteiger partial charge on any atom is 0.0484 e. The Morgan fingerprint density at radius 3 is 2.77 bits per heavy atom. The van der Waals surface area contributed by atoms with Gasteiger partial charge in [-0.05, 0) is 36.1 Å². The van der Waals surface area contributed by atoms with Gasteiger partial charge in [-0.1, -0.05) is 23.7 Å². The summed E-state index contributed by atoms with van der Waals surface area (Å²) in [5, 5.41) is 2.94. The molecule has 0 fully saturated rings. The van der Waals surface area contributed by atoms with Crippen LogP contribution in [-0.2, 0) is 0 Å². The molecule has 0 atom stereocenters. The third kappa shape index (κ3) is 1.36. The molecule has 0 saturated carbocycles. The smallest absolute Gasteiger partial charge is 0.0484 e. The standard InChI is InChI=1S/C11H10ClN/c1-7-5-9-8(6-11(7)13)3-2-4-10(9)12/h2-6H,13H2,1H3. The van der Waals surface area contributed by atoms with Crippen LogP contribution in [0.4, 0.5) is 5.69 Å². The normalized spacial score (nSPS) is 10.6. The lowest BCUT2D eigenvalue weighted by Crippen LogP contribution is -1.89. The van der Waals surface area contributed by atoms with Crippen LogP contribution >= 0.6 is 11.6 Å². The molecule has 66 valence electrons. The number of nitrogens with two attached hydrogens (primary N) is 1. The maximum atomic E-state index is 6.04. The summed E-state index contributed by atoms with van der Waals surface area (Å²) in [6.45, 7) is 1.98. The average molecular weight is 192 g/mol. The van der Waals surface area contributed by atoms with E-state index in [4.69, 9.17) is 17.3 Å². The number of benzene rings is 2. The molecule has 2 aromatic carbocycles. The van der Waals surface area contributed by atoms with Gasteiger partial charge >= 0.3 is 0 Å². The molecule has 13 heavy (non-hydrogen) atoms. The number of anilines is 1. The van der Waals surface area contributed by atoms with Crippen LogP contribution in [0.1, 0.15) is 5.56 Å². The van der Waals surface area contributed by atoms with E-state index in [1.807, 2.05) is 37.3 Å². The molecule has 0 heterocycles. The topological polar surface area (TPSA) is 26.0 Å². The van der Waals surface area contributed by atoms with Gasteiger partial charge < -0.3 is 5.73 Å². The zero-order valence-corrected chi connectivity index (χ0v) is 8.10. The molecule has 2 heteroatoms. The first kappa shape index (κ1) is 8.39. The van der Waals surface area contributed by atoms with E-state index in [1.165, 1.54) is 0 Å². The minimum absolute atomic E-state index is 0.778. The van der Waals surface area contributed by atoms with Crippen LogP contribution in [0.25, 0.3) is 10.8 Å². The van der Waals surface area contributed by atoms with Crippen molar-refractivity contribution in [2.75, 3.05) is 5.73 Å². The van der Waals surface area contributed by atoms with Gasteiger partial charge in [0.2, 0.25) is 0 Å². The molecule has 0 saturated heterocycles. The number of hydrogen-bond donors (Lipinski definition) is 1. The van der Waals surface area contributed by atoms with Gasteiger partial charge in [0.25, 0.3) is 0 Å². The number of halogens is 1. The highest BCUT2D eigenvalue weighted by molar-refractivity contribution is 6.35. The Morgan fingerprint density at radius 2 is 2.00 bits per heavy atom. The molecular formula is C11H10ClN. The summed E-state index contributed by atoms with van der Waals surface area (Å²) in [7, 11) is 0. The van der Waals surface area contributed by atoms with E-state index in [1.54, 1.807) is 0 Å². The van der Waals surface area contributed by atoms with Crippen LogP contribution in [0.2, 0.25) is 5.02 Å². The Hall–Kier alpha value is -1.21. The van der Waals surface area contributed by atoms with Crippen molar-refractivity contribution in [1.82, 2.24) is 0 Å². The van der Waals surface area contributed by atoms with Crippen molar-refractivity contribution >= 4 is 28.1 Å². The van der Waals surface area contributed by atoms with Gasteiger partial charge in [0.05, 0.1) is 0 Å². The van der Waals surface area contributed by atoms with Crippen LogP contribution in [0.5, 0.6) is 0 Å². The van der Waals surface area contributed by atoms with E-state index < -0.39 is 0 Å². The third-order valence-corrected chi connectivity index (χ3v) is 2.54. The van der Waals surface area contributed by atoms with E-state index in [-0.39, 0.29) is 0 Å². The van der Waals surface area contributed by atoms with Gasteiger partial charge in [0, 0.05) is 16.1 Å². The lowest BCUT2D eigenvalue weighted by molar-refractivity contribution is 1.50. The van der Waals surface area contributed by atoms with Crippen molar-refractivity contribution in [2.45, 2.75) is 6.92 Å². The lowest BCUT2D eigenvalue weighted by Gasteiger charge is -2.04. The zero-order chi connectivity index (χ0) is 9.42. The Labute approximate surface area is 82.1 Å². The van der Waals surface area contributed by atoms with E-state index in [9.17, 15) is 0 Å². The molecule has 0 aliphatic rings. The molecular weight excluding hydrogens is 182 g/mol. The molecule has 2 aromatic rings. The Balaban J connectivity index is 2.89.